The molecule has 0 bridgehead atoms. The quantitative estimate of drug-likeness (QED) is 0.229. The van der Waals surface area contributed by atoms with Crippen LogP contribution in [0.3, 0.4) is 0 Å². The van der Waals surface area contributed by atoms with Gasteiger partial charge >= 0.3 is 13.6 Å². The number of ether oxygens (including phenoxy) is 1. The number of hydrogen-bond acceptors (Lipinski definition) is 5. The van der Waals surface area contributed by atoms with Gasteiger partial charge in [0.2, 0.25) is 5.79 Å². The van der Waals surface area contributed by atoms with Crippen molar-refractivity contribution in [1.82, 2.24) is 0 Å². The Morgan fingerprint density at radius 1 is 1.03 bits per heavy atom. The number of benzene rings is 1. The highest BCUT2D eigenvalue weighted by Crippen LogP contribution is 2.44. The van der Waals surface area contributed by atoms with Crippen molar-refractivity contribution in [3.63, 3.8) is 0 Å². The number of carbonyl (C=O) groups excluding carboxylic acids is 2. The van der Waals surface area contributed by atoms with Gasteiger partial charge in [0.05, 0.1) is 5.92 Å². The molecular formula is C22H37O7PSi. The Morgan fingerprint density at radius 2 is 1.52 bits per heavy atom. The van der Waals surface area contributed by atoms with E-state index in [0.717, 1.165) is 0 Å². The topological polar surface area (TPSA) is 110 Å². The molecule has 0 amide bonds. The van der Waals surface area contributed by atoms with Crippen molar-refractivity contribution < 1.29 is 33.1 Å². The van der Waals surface area contributed by atoms with Crippen molar-refractivity contribution in [2.45, 2.75) is 72.4 Å². The van der Waals surface area contributed by atoms with Gasteiger partial charge in [0.1, 0.15) is 6.16 Å². The minimum atomic E-state index is -4.54. The SMILES string of the molecule is C[C@@H](C(=O)O[C@](C)(O[Si](C)(C)C(C)(C)C)c1ccccc1)C(C)(C)C(=O)CP(=O)(O)O. The second kappa shape index (κ2) is 9.28. The summed E-state index contributed by atoms with van der Waals surface area (Å²) in [5.74, 6) is -3.69. The molecule has 7 nitrogen and oxygen atoms in total. The molecule has 0 aliphatic rings. The molecule has 0 fully saturated rings. The van der Waals surface area contributed by atoms with Crippen LogP contribution in [0.1, 0.15) is 54.0 Å². The van der Waals surface area contributed by atoms with Crippen molar-refractivity contribution in [1.29, 1.82) is 0 Å². The number of esters is 1. The summed E-state index contributed by atoms with van der Waals surface area (Å²) >= 11 is 0. The number of ketones is 1. The minimum absolute atomic E-state index is 0.139. The van der Waals surface area contributed by atoms with Crippen LogP contribution < -0.4 is 0 Å². The first-order valence-electron chi connectivity index (χ1n) is 10.3. The van der Waals surface area contributed by atoms with Crippen LogP contribution in [0.25, 0.3) is 0 Å². The first-order chi connectivity index (χ1) is 13.7. The average Bonchev–Trinajstić information content (AvgIpc) is 2.58. The Balaban J connectivity index is 3.27. The lowest BCUT2D eigenvalue weighted by molar-refractivity contribution is -0.208. The van der Waals surface area contributed by atoms with Crippen LogP contribution in [0, 0.1) is 11.3 Å². The van der Waals surface area contributed by atoms with Gasteiger partial charge in [0, 0.05) is 17.9 Å². The van der Waals surface area contributed by atoms with E-state index >= 15 is 0 Å². The highest BCUT2D eigenvalue weighted by molar-refractivity contribution is 7.52. The molecule has 0 spiro atoms. The molecule has 0 heterocycles. The van der Waals surface area contributed by atoms with Gasteiger partial charge in [-0.15, -0.1) is 0 Å². The van der Waals surface area contributed by atoms with E-state index in [-0.39, 0.29) is 5.04 Å². The molecule has 0 aromatic heterocycles. The highest BCUT2D eigenvalue weighted by atomic mass is 31.2. The largest absolute Gasteiger partial charge is 0.430 e. The lowest BCUT2D eigenvalue weighted by atomic mass is 9.77. The maximum absolute atomic E-state index is 13.2. The summed E-state index contributed by atoms with van der Waals surface area (Å²) in [6.07, 6.45) is -0.923. The van der Waals surface area contributed by atoms with E-state index in [1.165, 1.54) is 20.8 Å². The second-order valence-corrected chi connectivity index (χ2v) is 16.7. The molecule has 1 rings (SSSR count). The summed E-state index contributed by atoms with van der Waals surface area (Å²) < 4.78 is 23.7. The van der Waals surface area contributed by atoms with Gasteiger partial charge in [-0.25, -0.2) is 0 Å². The smallest absolute Gasteiger partial charge is 0.332 e. The fourth-order valence-corrected chi connectivity index (χ4v) is 4.95. The van der Waals surface area contributed by atoms with Gasteiger partial charge in [0.25, 0.3) is 0 Å². The van der Waals surface area contributed by atoms with Crippen LogP contribution in [-0.4, -0.2) is 36.0 Å². The third-order valence-corrected chi connectivity index (χ3v) is 11.6. The van der Waals surface area contributed by atoms with Crippen LogP contribution in [0.2, 0.25) is 18.1 Å². The first-order valence-corrected chi connectivity index (χ1v) is 15.0. The Labute approximate surface area is 186 Å². The Bertz CT molecular complexity index is 839. The van der Waals surface area contributed by atoms with Gasteiger partial charge in [0.15, 0.2) is 14.1 Å². The second-order valence-electron chi connectivity index (χ2n) is 10.3. The first kappa shape index (κ1) is 27.7. The average molecular weight is 473 g/mol. The molecular weight excluding hydrogens is 435 g/mol. The van der Waals surface area contributed by atoms with E-state index in [4.69, 9.17) is 18.9 Å². The maximum Gasteiger partial charge on any atom is 0.332 e. The summed E-state index contributed by atoms with van der Waals surface area (Å²) in [6, 6.07) is 9.13. The van der Waals surface area contributed by atoms with Gasteiger partial charge in [-0.05, 0) is 18.1 Å². The van der Waals surface area contributed by atoms with Gasteiger partial charge in [-0.2, -0.15) is 0 Å². The van der Waals surface area contributed by atoms with Crippen LogP contribution in [0.4, 0.5) is 0 Å². The molecule has 0 saturated carbocycles. The predicted molar refractivity (Wildman–Crippen MR) is 123 cm³/mol. The summed E-state index contributed by atoms with van der Waals surface area (Å²) in [6.45, 7) is 16.6. The van der Waals surface area contributed by atoms with Gasteiger partial charge in [-0.3, -0.25) is 14.2 Å². The molecule has 0 unspecified atom stereocenters. The fourth-order valence-electron chi connectivity index (χ4n) is 2.73. The normalized spacial score (nSPS) is 16.4. The number of rotatable bonds is 9. The molecule has 9 heteroatoms. The van der Waals surface area contributed by atoms with E-state index in [1.807, 2.05) is 30.3 Å². The highest BCUT2D eigenvalue weighted by Gasteiger charge is 2.48. The zero-order chi connectivity index (χ0) is 24.5. The molecule has 0 aliphatic carbocycles. The minimum Gasteiger partial charge on any atom is -0.430 e. The summed E-state index contributed by atoms with van der Waals surface area (Å²) in [5, 5.41) is -0.139. The van der Waals surface area contributed by atoms with Crippen molar-refractivity contribution in [3.05, 3.63) is 35.9 Å². The Morgan fingerprint density at radius 3 is 1.94 bits per heavy atom. The molecule has 1 aromatic carbocycles. The van der Waals surface area contributed by atoms with Crippen LogP contribution in [-0.2, 0) is 29.1 Å². The van der Waals surface area contributed by atoms with E-state index in [1.54, 1.807) is 6.92 Å². The van der Waals surface area contributed by atoms with Crippen molar-refractivity contribution in [2.24, 2.45) is 11.3 Å². The van der Waals surface area contributed by atoms with Crippen LogP contribution >= 0.6 is 7.60 Å². The monoisotopic (exact) mass is 472 g/mol. The molecule has 31 heavy (non-hydrogen) atoms. The Kier molecular flexibility index (Phi) is 8.30. The summed E-state index contributed by atoms with van der Waals surface area (Å²) in [5.41, 5.74) is -0.660. The maximum atomic E-state index is 13.2. The molecule has 2 atom stereocenters. The van der Waals surface area contributed by atoms with E-state index in [9.17, 15) is 14.2 Å². The summed E-state index contributed by atoms with van der Waals surface area (Å²) in [4.78, 5) is 44.0. The zero-order valence-corrected chi connectivity index (χ0v) is 21.9. The third-order valence-electron chi connectivity index (χ3n) is 6.35. The van der Waals surface area contributed by atoms with Crippen LogP contribution in [0.5, 0.6) is 0 Å². The van der Waals surface area contributed by atoms with E-state index < -0.39 is 50.9 Å². The van der Waals surface area contributed by atoms with Gasteiger partial charge in [-0.1, -0.05) is 71.9 Å². The van der Waals surface area contributed by atoms with Crippen molar-refractivity contribution in [3.8, 4) is 0 Å². The molecule has 0 radical (unpaired) electrons. The zero-order valence-electron chi connectivity index (χ0n) is 20.1. The van der Waals surface area contributed by atoms with E-state index in [0.29, 0.717) is 5.56 Å². The number of carbonyl (C=O) groups is 2. The number of hydrogen-bond donors (Lipinski definition) is 2. The lowest BCUT2D eigenvalue weighted by Crippen LogP contribution is -2.50. The molecule has 1 aromatic rings. The molecule has 0 saturated heterocycles. The standard InChI is InChI=1S/C22H37O7PSi/c1-16(21(5,6)18(23)15-30(25,26)27)19(24)28-22(7,17-13-11-10-12-14-17)29-31(8,9)20(2,3)4/h10-14,16H,15H2,1-9H3,(H2,25,26,27)/t16-,22+/m0/s1. The number of Topliss-reactive ketones (excluding diaryl/α,β-unsaturated/α-hetero) is 1. The molecule has 2 N–H and O–H groups in total. The lowest BCUT2D eigenvalue weighted by Gasteiger charge is -2.44. The van der Waals surface area contributed by atoms with E-state index in [2.05, 4.69) is 33.9 Å². The fraction of sp³-hybridized carbons (Fsp3) is 0.636. The third kappa shape index (κ3) is 7.09. The van der Waals surface area contributed by atoms with Crippen molar-refractivity contribution >= 4 is 27.7 Å². The van der Waals surface area contributed by atoms with Crippen molar-refractivity contribution in [2.75, 3.05) is 6.16 Å². The Hall–Kier alpha value is -1.31. The molecule has 0 aliphatic heterocycles. The molecule has 176 valence electrons. The summed E-state index contributed by atoms with van der Waals surface area (Å²) in [7, 11) is -6.92. The van der Waals surface area contributed by atoms with Gasteiger partial charge < -0.3 is 18.9 Å². The predicted octanol–water partition coefficient (Wildman–Crippen LogP) is 4.83. The van der Waals surface area contributed by atoms with Crippen LogP contribution in [0.15, 0.2) is 30.3 Å².